The number of carbonyl (C=O) groups is 1. The summed E-state index contributed by atoms with van der Waals surface area (Å²) in [5.74, 6) is 0.242. The number of nitrogens with one attached hydrogen (secondary N) is 1. The number of nitrogen functional groups attached to an aromatic ring is 1. The predicted octanol–water partition coefficient (Wildman–Crippen LogP) is 0.714. The molecule has 1 amide bonds. The molecule has 0 spiro atoms. The molecule has 0 saturated heterocycles. The summed E-state index contributed by atoms with van der Waals surface area (Å²) in [6.45, 7) is 6.14. The fourth-order valence-corrected chi connectivity index (χ4v) is 1.78. The van der Waals surface area contributed by atoms with E-state index >= 15 is 0 Å². The van der Waals surface area contributed by atoms with Crippen molar-refractivity contribution in [3.05, 3.63) is 11.3 Å². The van der Waals surface area contributed by atoms with Crippen LogP contribution < -0.4 is 5.73 Å². The zero-order valence-corrected chi connectivity index (χ0v) is 11.7. The Morgan fingerprint density at radius 1 is 1.33 bits per heavy atom. The number of nitrogens with two attached hydrogens (primary N) is 1. The van der Waals surface area contributed by atoms with Crippen LogP contribution in [0.3, 0.4) is 0 Å². The second kappa shape index (κ2) is 6.39. The van der Waals surface area contributed by atoms with E-state index in [-0.39, 0.29) is 11.7 Å². The fourth-order valence-electron chi connectivity index (χ4n) is 1.78. The van der Waals surface area contributed by atoms with Crippen molar-refractivity contribution in [2.75, 3.05) is 39.5 Å². The fraction of sp³-hybridized carbons (Fsp3) is 0.667. The van der Waals surface area contributed by atoms with E-state index in [9.17, 15) is 4.79 Å². The van der Waals surface area contributed by atoms with Crippen molar-refractivity contribution in [1.29, 1.82) is 0 Å². The van der Waals surface area contributed by atoms with Gasteiger partial charge in [-0.05, 0) is 27.4 Å². The Hall–Kier alpha value is -1.56. The van der Waals surface area contributed by atoms with Crippen LogP contribution in [0.15, 0.2) is 0 Å². The number of hydrogen-bond donors (Lipinski definition) is 2. The molecule has 0 bridgehead atoms. The number of aromatic nitrogens is 2. The molecule has 1 aromatic heterocycles. The Balaban J connectivity index is 2.82. The summed E-state index contributed by atoms with van der Waals surface area (Å²) in [4.78, 5) is 16.3. The molecule has 6 nitrogen and oxygen atoms in total. The third kappa shape index (κ3) is 3.46. The molecule has 0 aliphatic heterocycles. The van der Waals surface area contributed by atoms with Gasteiger partial charge in [-0.25, -0.2) is 0 Å². The van der Waals surface area contributed by atoms with Crippen molar-refractivity contribution < 1.29 is 4.79 Å². The average molecular weight is 253 g/mol. The highest BCUT2D eigenvalue weighted by atomic mass is 16.2. The van der Waals surface area contributed by atoms with E-state index in [1.54, 1.807) is 0 Å². The number of carbonyl (C=O) groups excluding carboxylic acids is 1. The van der Waals surface area contributed by atoms with Crippen molar-refractivity contribution >= 4 is 11.7 Å². The molecule has 0 saturated carbocycles. The first-order valence-corrected chi connectivity index (χ1v) is 6.21. The maximum Gasteiger partial charge on any atom is 0.259 e. The maximum absolute atomic E-state index is 12.4. The molecule has 102 valence electrons. The second-order valence-electron chi connectivity index (χ2n) is 4.70. The summed E-state index contributed by atoms with van der Waals surface area (Å²) in [5, 5.41) is 6.62. The lowest BCUT2D eigenvalue weighted by Crippen LogP contribution is -2.37. The van der Waals surface area contributed by atoms with Crippen molar-refractivity contribution in [3.8, 4) is 0 Å². The molecule has 0 unspecified atom stereocenters. The number of likely N-dealkylation sites (N-methyl/N-ethyl adjacent to an activating group) is 1. The Kier molecular flexibility index (Phi) is 5.15. The van der Waals surface area contributed by atoms with Gasteiger partial charge < -0.3 is 15.5 Å². The minimum Gasteiger partial charge on any atom is -0.382 e. The van der Waals surface area contributed by atoms with Crippen LogP contribution in [-0.4, -0.2) is 59.6 Å². The number of nitrogens with zero attached hydrogens (tertiary/aromatic N) is 3. The summed E-state index contributed by atoms with van der Waals surface area (Å²) in [6.07, 6.45) is 0.927. The van der Waals surface area contributed by atoms with Crippen LogP contribution in [0.25, 0.3) is 0 Å². The van der Waals surface area contributed by atoms with Crippen LogP contribution in [0.4, 0.5) is 5.82 Å². The van der Waals surface area contributed by atoms with E-state index < -0.39 is 0 Å². The minimum absolute atomic E-state index is 0.0394. The molecule has 3 N–H and O–H groups in total. The molecule has 1 heterocycles. The predicted molar refractivity (Wildman–Crippen MR) is 72.5 cm³/mol. The Morgan fingerprint density at radius 3 is 2.44 bits per heavy atom. The smallest absolute Gasteiger partial charge is 0.259 e. The number of aromatic amines is 1. The highest BCUT2D eigenvalue weighted by molar-refractivity contribution is 5.99. The van der Waals surface area contributed by atoms with Gasteiger partial charge in [-0.3, -0.25) is 9.89 Å². The molecule has 0 radical (unpaired) electrons. The molecule has 1 rings (SSSR count). The van der Waals surface area contributed by atoms with Crippen LogP contribution in [-0.2, 0) is 0 Å². The minimum atomic E-state index is -0.0394. The maximum atomic E-state index is 12.4. The molecule has 0 aliphatic rings. The van der Waals surface area contributed by atoms with Crippen molar-refractivity contribution in [3.63, 3.8) is 0 Å². The van der Waals surface area contributed by atoms with Crippen LogP contribution >= 0.6 is 0 Å². The highest BCUT2D eigenvalue weighted by Crippen LogP contribution is 2.15. The van der Waals surface area contributed by atoms with Gasteiger partial charge in [0.1, 0.15) is 5.56 Å². The number of rotatable bonds is 6. The molecule has 0 atom stereocenters. The summed E-state index contributed by atoms with van der Waals surface area (Å²) >= 11 is 0. The van der Waals surface area contributed by atoms with Gasteiger partial charge in [-0.15, -0.1) is 0 Å². The average Bonchev–Trinajstić information content (AvgIpc) is 2.63. The Bertz CT molecular complexity index is 380. The van der Waals surface area contributed by atoms with Gasteiger partial charge in [0.05, 0.1) is 0 Å². The third-order valence-corrected chi connectivity index (χ3v) is 2.79. The van der Waals surface area contributed by atoms with Crippen LogP contribution in [0.5, 0.6) is 0 Å². The lowest BCUT2D eigenvalue weighted by molar-refractivity contribution is 0.0745. The molecule has 1 aromatic rings. The quantitative estimate of drug-likeness (QED) is 0.783. The molecule has 0 aliphatic carbocycles. The summed E-state index contributed by atoms with van der Waals surface area (Å²) in [6, 6.07) is 0. The summed E-state index contributed by atoms with van der Waals surface area (Å²) in [5.41, 5.74) is 6.96. The monoisotopic (exact) mass is 253 g/mol. The van der Waals surface area contributed by atoms with Gasteiger partial charge >= 0.3 is 0 Å². The third-order valence-electron chi connectivity index (χ3n) is 2.79. The summed E-state index contributed by atoms with van der Waals surface area (Å²) in [7, 11) is 3.98. The van der Waals surface area contributed by atoms with Gasteiger partial charge in [0.25, 0.3) is 5.91 Å². The number of anilines is 1. The van der Waals surface area contributed by atoms with Crippen LogP contribution in [0.1, 0.15) is 29.4 Å². The van der Waals surface area contributed by atoms with E-state index in [0.29, 0.717) is 12.1 Å². The lowest BCUT2D eigenvalue weighted by Gasteiger charge is -2.24. The number of hydrogen-bond acceptors (Lipinski definition) is 4. The van der Waals surface area contributed by atoms with E-state index in [1.807, 2.05) is 25.9 Å². The molecule has 18 heavy (non-hydrogen) atoms. The molecular formula is C12H23N5O. The van der Waals surface area contributed by atoms with Crippen molar-refractivity contribution in [2.45, 2.75) is 20.3 Å². The van der Waals surface area contributed by atoms with Gasteiger partial charge in [0.15, 0.2) is 5.82 Å². The zero-order chi connectivity index (χ0) is 13.7. The topological polar surface area (TPSA) is 78.2 Å². The normalized spacial score (nSPS) is 10.9. The SMILES string of the molecule is CCCN(CCN(C)C)C(=O)c1c(N)n[nH]c1C. The van der Waals surface area contributed by atoms with Crippen molar-refractivity contribution in [1.82, 2.24) is 20.0 Å². The largest absolute Gasteiger partial charge is 0.382 e. The highest BCUT2D eigenvalue weighted by Gasteiger charge is 2.21. The Labute approximate surface area is 108 Å². The standard InChI is InChI=1S/C12H23N5O/c1-5-6-17(8-7-16(3)4)12(18)10-9(2)14-15-11(10)13/h5-8H2,1-4H3,(H3,13,14,15). The first kappa shape index (κ1) is 14.5. The summed E-state index contributed by atoms with van der Waals surface area (Å²) < 4.78 is 0. The molecule has 6 heteroatoms. The number of amides is 1. The van der Waals surface area contributed by atoms with Gasteiger partial charge in [-0.2, -0.15) is 5.10 Å². The Morgan fingerprint density at radius 2 is 2.00 bits per heavy atom. The van der Waals surface area contributed by atoms with E-state index in [1.165, 1.54) is 0 Å². The second-order valence-corrected chi connectivity index (χ2v) is 4.70. The van der Waals surface area contributed by atoms with Crippen LogP contribution in [0.2, 0.25) is 0 Å². The molecule has 0 fully saturated rings. The number of H-pyrrole nitrogens is 1. The van der Waals surface area contributed by atoms with Crippen LogP contribution in [0, 0.1) is 6.92 Å². The number of aryl methyl sites for hydroxylation is 1. The van der Waals surface area contributed by atoms with E-state index in [2.05, 4.69) is 22.0 Å². The van der Waals surface area contributed by atoms with Crippen molar-refractivity contribution in [2.24, 2.45) is 0 Å². The van der Waals surface area contributed by atoms with E-state index in [0.717, 1.165) is 25.2 Å². The zero-order valence-electron chi connectivity index (χ0n) is 11.7. The van der Waals surface area contributed by atoms with Gasteiger partial charge in [0.2, 0.25) is 0 Å². The first-order chi connectivity index (χ1) is 8.47. The molecular weight excluding hydrogens is 230 g/mol. The lowest BCUT2D eigenvalue weighted by atomic mass is 10.2. The van der Waals surface area contributed by atoms with Gasteiger partial charge in [-0.1, -0.05) is 6.92 Å². The van der Waals surface area contributed by atoms with Gasteiger partial charge in [0, 0.05) is 25.3 Å². The first-order valence-electron chi connectivity index (χ1n) is 6.21. The molecule has 0 aromatic carbocycles. The van der Waals surface area contributed by atoms with E-state index in [4.69, 9.17) is 5.73 Å².